The number of nitrogens with one attached hydrogen (secondary N) is 1. The number of benzene rings is 1. The molecule has 0 aliphatic heterocycles. The maximum absolute atomic E-state index is 14.0. The number of halogens is 1. The first-order valence-electron chi connectivity index (χ1n) is 5.97. The number of anilines is 2. The Bertz CT molecular complexity index is 726. The molecule has 1 aromatic heterocycles. The summed E-state index contributed by atoms with van der Waals surface area (Å²) in [5, 5.41) is 8.87. The minimum Gasteiger partial charge on any atom is -0.311 e. The van der Waals surface area contributed by atoms with Crippen LogP contribution in [0.15, 0.2) is 36.5 Å². The van der Waals surface area contributed by atoms with Crippen molar-refractivity contribution in [2.75, 3.05) is 17.4 Å². The molecule has 0 radical (unpaired) electrons. The van der Waals surface area contributed by atoms with Gasteiger partial charge in [-0.2, -0.15) is 5.26 Å². The van der Waals surface area contributed by atoms with Crippen LogP contribution in [0, 0.1) is 17.1 Å². The Hall–Kier alpha value is -2.98. The number of nitrogen functional groups attached to an aromatic ring is 1. The molecule has 0 bridgehead atoms. The SMILES string of the molecule is CN(C(=O)c1ccnc(NN)c1F)c1cccc(C#N)c1. The van der Waals surface area contributed by atoms with E-state index in [4.69, 9.17) is 11.1 Å². The standard InChI is InChI=1S/C14H12FN5O/c1-20(10-4-2-3-9(7-10)8-16)14(21)11-5-6-18-13(19-17)12(11)15/h2-7H,17H2,1H3,(H,18,19). The number of pyridine rings is 1. The molecule has 7 heteroatoms. The smallest absolute Gasteiger partial charge is 0.261 e. The number of aromatic nitrogens is 1. The summed E-state index contributed by atoms with van der Waals surface area (Å²) < 4.78 is 14.0. The van der Waals surface area contributed by atoms with E-state index in [1.807, 2.05) is 6.07 Å². The normalized spacial score (nSPS) is 9.81. The lowest BCUT2D eigenvalue weighted by Crippen LogP contribution is -2.27. The Labute approximate surface area is 120 Å². The topological polar surface area (TPSA) is 95.0 Å². The van der Waals surface area contributed by atoms with Crippen LogP contribution in [0.1, 0.15) is 15.9 Å². The highest BCUT2D eigenvalue weighted by Crippen LogP contribution is 2.20. The van der Waals surface area contributed by atoms with Crippen LogP contribution in [0.5, 0.6) is 0 Å². The fourth-order valence-electron chi connectivity index (χ4n) is 1.79. The summed E-state index contributed by atoms with van der Waals surface area (Å²) in [6, 6.07) is 9.71. The number of amides is 1. The molecule has 0 aliphatic carbocycles. The number of nitrogens with zero attached hydrogens (tertiary/aromatic N) is 3. The van der Waals surface area contributed by atoms with E-state index >= 15 is 0 Å². The third kappa shape index (κ3) is 2.80. The van der Waals surface area contributed by atoms with Crippen LogP contribution in [0.25, 0.3) is 0 Å². The van der Waals surface area contributed by atoms with E-state index in [1.54, 1.807) is 24.3 Å². The van der Waals surface area contributed by atoms with Gasteiger partial charge in [0.15, 0.2) is 11.6 Å². The zero-order chi connectivity index (χ0) is 15.4. The summed E-state index contributed by atoms with van der Waals surface area (Å²) in [7, 11) is 1.49. The molecule has 0 atom stereocenters. The first kappa shape index (κ1) is 14.4. The molecule has 0 spiro atoms. The molecule has 0 unspecified atom stereocenters. The molecule has 2 aromatic rings. The number of rotatable bonds is 3. The lowest BCUT2D eigenvalue weighted by atomic mass is 10.1. The number of hydrazine groups is 1. The van der Waals surface area contributed by atoms with Gasteiger partial charge >= 0.3 is 0 Å². The van der Waals surface area contributed by atoms with Gasteiger partial charge in [0.1, 0.15) is 0 Å². The van der Waals surface area contributed by atoms with E-state index in [0.717, 1.165) is 0 Å². The molecule has 2 rings (SSSR count). The number of carbonyl (C=O) groups is 1. The van der Waals surface area contributed by atoms with Crippen molar-refractivity contribution in [2.24, 2.45) is 5.84 Å². The van der Waals surface area contributed by atoms with Gasteiger partial charge in [-0.3, -0.25) is 4.79 Å². The number of hydrogen-bond acceptors (Lipinski definition) is 5. The molecular weight excluding hydrogens is 273 g/mol. The quantitative estimate of drug-likeness (QED) is 0.660. The minimum absolute atomic E-state index is 0.164. The van der Waals surface area contributed by atoms with Crippen LogP contribution in [0.3, 0.4) is 0 Å². The van der Waals surface area contributed by atoms with E-state index in [0.29, 0.717) is 11.3 Å². The summed E-state index contributed by atoms with van der Waals surface area (Å²) >= 11 is 0. The summed E-state index contributed by atoms with van der Waals surface area (Å²) in [6.45, 7) is 0. The van der Waals surface area contributed by atoms with Crippen LogP contribution >= 0.6 is 0 Å². The number of hydrogen-bond donors (Lipinski definition) is 2. The van der Waals surface area contributed by atoms with Crippen molar-refractivity contribution in [3.8, 4) is 6.07 Å². The second-order valence-corrected chi connectivity index (χ2v) is 4.19. The predicted molar refractivity (Wildman–Crippen MR) is 75.9 cm³/mol. The minimum atomic E-state index is -0.826. The fourth-order valence-corrected chi connectivity index (χ4v) is 1.79. The van der Waals surface area contributed by atoms with Gasteiger partial charge in [0, 0.05) is 18.9 Å². The van der Waals surface area contributed by atoms with Crippen LogP contribution in [0.4, 0.5) is 15.9 Å². The second-order valence-electron chi connectivity index (χ2n) is 4.19. The van der Waals surface area contributed by atoms with Gasteiger partial charge in [0.25, 0.3) is 5.91 Å². The molecule has 1 amide bonds. The van der Waals surface area contributed by atoms with Crippen molar-refractivity contribution in [2.45, 2.75) is 0 Å². The lowest BCUT2D eigenvalue weighted by molar-refractivity contribution is 0.0989. The van der Waals surface area contributed by atoms with Crippen molar-refractivity contribution in [3.63, 3.8) is 0 Å². The van der Waals surface area contributed by atoms with Crippen molar-refractivity contribution in [1.29, 1.82) is 5.26 Å². The largest absolute Gasteiger partial charge is 0.311 e. The fraction of sp³-hybridized carbons (Fsp3) is 0.0714. The Balaban J connectivity index is 2.38. The van der Waals surface area contributed by atoms with Crippen LogP contribution in [-0.2, 0) is 0 Å². The molecule has 1 aromatic carbocycles. The summed E-state index contributed by atoms with van der Waals surface area (Å²) in [4.78, 5) is 17.3. The van der Waals surface area contributed by atoms with Crippen LogP contribution in [0.2, 0.25) is 0 Å². The molecule has 0 saturated heterocycles. The van der Waals surface area contributed by atoms with Crippen molar-refractivity contribution < 1.29 is 9.18 Å². The number of carbonyl (C=O) groups excluding carboxylic acids is 1. The molecule has 3 N–H and O–H groups in total. The zero-order valence-electron chi connectivity index (χ0n) is 11.2. The third-order valence-corrected chi connectivity index (χ3v) is 2.92. The second kappa shape index (κ2) is 5.98. The summed E-state index contributed by atoms with van der Waals surface area (Å²) in [5.41, 5.74) is 2.82. The van der Waals surface area contributed by atoms with E-state index in [1.165, 1.54) is 24.2 Å². The molecule has 6 nitrogen and oxygen atoms in total. The van der Waals surface area contributed by atoms with Gasteiger partial charge in [-0.05, 0) is 24.3 Å². The van der Waals surface area contributed by atoms with Gasteiger partial charge in [0.2, 0.25) is 0 Å². The van der Waals surface area contributed by atoms with Crippen molar-refractivity contribution >= 4 is 17.4 Å². The Morgan fingerprint density at radius 2 is 2.24 bits per heavy atom. The molecule has 0 aliphatic rings. The maximum atomic E-state index is 14.0. The number of nitriles is 1. The molecular formula is C14H12FN5O. The highest BCUT2D eigenvalue weighted by Gasteiger charge is 2.20. The third-order valence-electron chi connectivity index (χ3n) is 2.92. The van der Waals surface area contributed by atoms with Gasteiger partial charge in [-0.25, -0.2) is 15.2 Å². The highest BCUT2D eigenvalue weighted by atomic mass is 19.1. The molecule has 0 fully saturated rings. The zero-order valence-corrected chi connectivity index (χ0v) is 11.2. The lowest BCUT2D eigenvalue weighted by Gasteiger charge is -2.18. The van der Waals surface area contributed by atoms with Gasteiger partial charge in [-0.15, -0.1) is 0 Å². The Morgan fingerprint density at radius 3 is 2.90 bits per heavy atom. The van der Waals surface area contributed by atoms with E-state index in [2.05, 4.69) is 10.4 Å². The predicted octanol–water partition coefficient (Wildman–Crippen LogP) is 1.65. The molecule has 1 heterocycles. The highest BCUT2D eigenvalue weighted by molar-refractivity contribution is 6.06. The van der Waals surface area contributed by atoms with Gasteiger partial charge in [0.05, 0.1) is 17.2 Å². The van der Waals surface area contributed by atoms with Crippen molar-refractivity contribution in [3.05, 3.63) is 53.5 Å². The molecule has 0 saturated carbocycles. The molecule has 21 heavy (non-hydrogen) atoms. The first-order chi connectivity index (χ1) is 10.1. The Kier molecular flexibility index (Phi) is 4.11. The van der Waals surface area contributed by atoms with E-state index in [9.17, 15) is 9.18 Å². The van der Waals surface area contributed by atoms with E-state index < -0.39 is 11.7 Å². The summed E-state index contributed by atoms with van der Waals surface area (Å²) in [5.74, 6) is 3.53. The Morgan fingerprint density at radius 1 is 1.48 bits per heavy atom. The monoisotopic (exact) mass is 285 g/mol. The average Bonchev–Trinajstić information content (AvgIpc) is 2.53. The average molecular weight is 285 g/mol. The molecule has 106 valence electrons. The van der Waals surface area contributed by atoms with Crippen LogP contribution in [-0.4, -0.2) is 17.9 Å². The summed E-state index contributed by atoms with van der Waals surface area (Å²) in [6.07, 6.45) is 1.28. The van der Waals surface area contributed by atoms with Gasteiger partial charge in [-0.1, -0.05) is 6.07 Å². The maximum Gasteiger partial charge on any atom is 0.261 e. The first-order valence-corrected chi connectivity index (χ1v) is 5.97. The number of nitrogens with two attached hydrogens (primary N) is 1. The van der Waals surface area contributed by atoms with Gasteiger partial charge < -0.3 is 10.3 Å². The van der Waals surface area contributed by atoms with Crippen molar-refractivity contribution in [1.82, 2.24) is 4.98 Å². The van der Waals surface area contributed by atoms with E-state index in [-0.39, 0.29) is 11.4 Å². The van der Waals surface area contributed by atoms with Crippen LogP contribution < -0.4 is 16.2 Å².